The van der Waals surface area contributed by atoms with E-state index in [4.69, 9.17) is 10.00 Å². The summed E-state index contributed by atoms with van der Waals surface area (Å²) < 4.78 is 5.29. The van der Waals surface area contributed by atoms with Gasteiger partial charge in [0.25, 0.3) is 0 Å². The van der Waals surface area contributed by atoms with Crippen LogP contribution in [0.1, 0.15) is 11.3 Å². The van der Waals surface area contributed by atoms with Crippen molar-refractivity contribution in [1.82, 2.24) is 19.9 Å². The Morgan fingerprint density at radius 2 is 2.10 bits per heavy atom. The molecule has 3 heterocycles. The van der Waals surface area contributed by atoms with Gasteiger partial charge < -0.3 is 15.2 Å². The monoisotopic (exact) mass is 388 g/mol. The number of likely N-dealkylation sites (tertiary alicyclic amines) is 1. The molecule has 2 aromatic heterocycles. The molecule has 4 rings (SSSR count). The Hall–Kier alpha value is -3.54. The van der Waals surface area contributed by atoms with Gasteiger partial charge in [-0.15, -0.1) is 0 Å². The summed E-state index contributed by atoms with van der Waals surface area (Å²) in [5.41, 5.74) is 3.35. The largest absolute Gasteiger partial charge is 0.507 e. The summed E-state index contributed by atoms with van der Waals surface area (Å²) in [7, 11) is 1.74. The van der Waals surface area contributed by atoms with Gasteiger partial charge in [-0.1, -0.05) is 0 Å². The van der Waals surface area contributed by atoms with Crippen molar-refractivity contribution in [3.05, 3.63) is 60.0 Å². The maximum atomic E-state index is 9.67. The zero-order valence-electron chi connectivity index (χ0n) is 15.9. The molecule has 0 bridgehead atoms. The number of phenolic OH excluding ortho intramolecular Hbond substituents is 1. The van der Waals surface area contributed by atoms with E-state index < -0.39 is 0 Å². The number of methoxy groups -OCH3 is 1. The number of nitriles is 1. The van der Waals surface area contributed by atoms with Crippen LogP contribution in [0.4, 0.5) is 11.6 Å². The Morgan fingerprint density at radius 3 is 2.83 bits per heavy atom. The minimum Gasteiger partial charge on any atom is -0.507 e. The van der Waals surface area contributed by atoms with Crippen LogP contribution >= 0.6 is 0 Å². The normalized spacial score (nSPS) is 14.2. The molecule has 1 aliphatic rings. The Balaban J connectivity index is 1.43. The van der Waals surface area contributed by atoms with Crippen LogP contribution in [0, 0.1) is 11.3 Å². The summed E-state index contributed by atoms with van der Waals surface area (Å²) in [6.07, 6.45) is 3.73. The predicted octanol–water partition coefficient (Wildman–Crippen LogP) is 2.69. The second kappa shape index (κ2) is 8.22. The lowest BCUT2D eigenvalue weighted by molar-refractivity contribution is -0.0339. The van der Waals surface area contributed by atoms with Gasteiger partial charge in [0, 0.05) is 38.5 Å². The van der Waals surface area contributed by atoms with Crippen molar-refractivity contribution in [2.75, 3.05) is 25.5 Å². The molecule has 0 unspecified atom stereocenters. The first-order valence-electron chi connectivity index (χ1n) is 9.18. The number of nitrogens with zero attached hydrogens (tertiary/aromatic N) is 5. The minimum atomic E-state index is -0.0502. The first-order valence-corrected chi connectivity index (χ1v) is 9.18. The molecule has 8 heteroatoms. The van der Waals surface area contributed by atoms with Gasteiger partial charge in [0.15, 0.2) is 0 Å². The number of benzene rings is 1. The fraction of sp³-hybridized carbons (Fsp3) is 0.238. The van der Waals surface area contributed by atoms with Crippen LogP contribution in [0.5, 0.6) is 5.75 Å². The summed E-state index contributed by atoms with van der Waals surface area (Å²) in [5.74, 6) is 0.375. The summed E-state index contributed by atoms with van der Waals surface area (Å²) in [6.45, 7) is 2.67. The number of aromatic nitrogens is 3. The van der Waals surface area contributed by atoms with Crippen molar-refractivity contribution in [3.8, 4) is 23.1 Å². The highest BCUT2D eigenvalue weighted by molar-refractivity contribution is 5.65. The molecule has 0 radical (unpaired) electrons. The predicted molar refractivity (Wildman–Crippen MR) is 107 cm³/mol. The molecule has 0 spiro atoms. The van der Waals surface area contributed by atoms with Gasteiger partial charge in [-0.05, 0) is 36.4 Å². The van der Waals surface area contributed by atoms with Gasteiger partial charge in [-0.25, -0.2) is 9.97 Å². The Labute approximate surface area is 168 Å². The minimum absolute atomic E-state index is 0.0502. The highest BCUT2D eigenvalue weighted by Gasteiger charge is 2.26. The number of ether oxygens (including phenoxy) is 1. The van der Waals surface area contributed by atoms with Gasteiger partial charge in [0.1, 0.15) is 11.8 Å². The van der Waals surface area contributed by atoms with Gasteiger partial charge in [0.05, 0.1) is 34.9 Å². The van der Waals surface area contributed by atoms with Crippen LogP contribution in [0.25, 0.3) is 11.3 Å². The van der Waals surface area contributed by atoms with E-state index in [1.807, 2.05) is 18.2 Å². The summed E-state index contributed by atoms with van der Waals surface area (Å²) >= 11 is 0. The zero-order chi connectivity index (χ0) is 20.2. The number of anilines is 2. The molecule has 0 aliphatic carbocycles. The van der Waals surface area contributed by atoms with Crippen molar-refractivity contribution in [2.24, 2.45) is 0 Å². The number of nitrogens with one attached hydrogen (secondary N) is 1. The van der Waals surface area contributed by atoms with E-state index in [-0.39, 0.29) is 11.3 Å². The van der Waals surface area contributed by atoms with Crippen LogP contribution in [0.15, 0.2) is 48.8 Å². The quantitative estimate of drug-likeness (QED) is 0.664. The molecule has 0 saturated carbocycles. The van der Waals surface area contributed by atoms with Crippen LogP contribution in [0.2, 0.25) is 0 Å². The number of hydrogen-bond acceptors (Lipinski definition) is 8. The van der Waals surface area contributed by atoms with Crippen molar-refractivity contribution < 1.29 is 9.84 Å². The molecule has 1 aliphatic heterocycles. The van der Waals surface area contributed by atoms with Crippen LogP contribution < -0.4 is 5.32 Å². The van der Waals surface area contributed by atoms with Crippen LogP contribution in [-0.4, -0.2) is 51.3 Å². The molecule has 1 saturated heterocycles. The second-order valence-electron chi connectivity index (χ2n) is 6.82. The fourth-order valence-corrected chi connectivity index (χ4v) is 3.12. The highest BCUT2D eigenvalue weighted by Crippen LogP contribution is 2.25. The van der Waals surface area contributed by atoms with E-state index in [2.05, 4.69) is 25.2 Å². The molecule has 2 N–H and O–H groups in total. The van der Waals surface area contributed by atoms with E-state index in [0.29, 0.717) is 17.7 Å². The van der Waals surface area contributed by atoms with Gasteiger partial charge in [0.2, 0.25) is 5.95 Å². The third-order valence-electron chi connectivity index (χ3n) is 4.79. The molecular formula is C21H20N6O2. The standard InChI is InChI=1S/C21H20N6O2/c1-29-18-12-27(13-18)11-17-4-3-16(10-24-17)25-21-23-7-6-19(26-21)14-2-5-20(28)15(8-14)9-22/h2-8,10,18,28H,11-13H2,1H3,(H,23,25,26). The smallest absolute Gasteiger partial charge is 0.227 e. The molecular weight excluding hydrogens is 368 g/mol. The SMILES string of the molecule is COC1CN(Cc2ccc(Nc3nccc(-c4ccc(O)c(C#N)c4)n3)cn2)C1. The van der Waals surface area contributed by atoms with Gasteiger partial charge >= 0.3 is 0 Å². The first-order chi connectivity index (χ1) is 14.1. The van der Waals surface area contributed by atoms with E-state index in [9.17, 15) is 5.11 Å². The highest BCUT2D eigenvalue weighted by atomic mass is 16.5. The number of hydrogen-bond donors (Lipinski definition) is 2. The molecule has 146 valence electrons. The number of phenols is 1. The average molecular weight is 388 g/mol. The lowest BCUT2D eigenvalue weighted by Gasteiger charge is -2.37. The van der Waals surface area contributed by atoms with E-state index >= 15 is 0 Å². The summed E-state index contributed by atoms with van der Waals surface area (Å²) in [5, 5.41) is 21.9. The lowest BCUT2D eigenvalue weighted by atomic mass is 10.1. The third-order valence-corrected chi connectivity index (χ3v) is 4.79. The molecule has 0 atom stereocenters. The maximum absolute atomic E-state index is 9.67. The van der Waals surface area contributed by atoms with Crippen molar-refractivity contribution in [2.45, 2.75) is 12.6 Å². The van der Waals surface area contributed by atoms with Crippen molar-refractivity contribution in [3.63, 3.8) is 0 Å². The maximum Gasteiger partial charge on any atom is 0.227 e. The molecule has 1 aromatic carbocycles. The third kappa shape index (κ3) is 4.32. The molecule has 0 amide bonds. The Morgan fingerprint density at radius 1 is 1.24 bits per heavy atom. The first kappa shape index (κ1) is 18.8. The number of rotatable bonds is 6. The number of pyridine rings is 1. The van der Waals surface area contributed by atoms with Crippen LogP contribution in [-0.2, 0) is 11.3 Å². The number of aromatic hydroxyl groups is 1. The van der Waals surface area contributed by atoms with E-state index in [0.717, 1.165) is 36.6 Å². The average Bonchev–Trinajstić information content (AvgIpc) is 2.72. The summed E-state index contributed by atoms with van der Waals surface area (Å²) in [4.78, 5) is 15.5. The summed E-state index contributed by atoms with van der Waals surface area (Å²) in [6, 6.07) is 12.4. The van der Waals surface area contributed by atoms with Crippen LogP contribution in [0.3, 0.4) is 0 Å². The Bertz CT molecular complexity index is 1040. The van der Waals surface area contributed by atoms with Crippen molar-refractivity contribution >= 4 is 11.6 Å². The fourth-order valence-electron chi connectivity index (χ4n) is 3.12. The molecule has 8 nitrogen and oxygen atoms in total. The zero-order valence-corrected chi connectivity index (χ0v) is 15.9. The molecule has 29 heavy (non-hydrogen) atoms. The van der Waals surface area contributed by atoms with Crippen molar-refractivity contribution in [1.29, 1.82) is 5.26 Å². The topological polar surface area (TPSA) is 107 Å². The van der Waals surface area contributed by atoms with Gasteiger partial charge in [-0.3, -0.25) is 9.88 Å². The van der Waals surface area contributed by atoms with Gasteiger partial charge in [-0.2, -0.15) is 5.26 Å². The van der Waals surface area contributed by atoms with E-state index in [1.54, 1.807) is 37.7 Å². The molecule has 1 fully saturated rings. The lowest BCUT2D eigenvalue weighted by Crippen LogP contribution is -2.51. The van der Waals surface area contributed by atoms with E-state index in [1.165, 1.54) is 6.07 Å². The Kier molecular flexibility index (Phi) is 5.33. The second-order valence-corrected chi connectivity index (χ2v) is 6.82. The molecule has 3 aromatic rings.